The predicted molar refractivity (Wildman–Crippen MR) is 100 cm³/mol. The first-order valence-electron chi connectivity index (χ1n) is 7.79. The topological polar surface area (TPSA) is 55.1 Å². The average molecular weight is 353 g/mol. The first-order valence-corrected chi connectivity index (χ1v) is 8.17. The van der Waals surface area contributed by atoms with Crippen molar-refractivity contribution in [1.82, 2.24) is 9.78 Å². The van der Waals surface area contributed by atoms with Gasteiger partial charge in [-0.1, -0.05) is 48.0 Å². The molecule has 3 aromatic rings. The Morgan fingerprint density at radius 1 is 1.08 bits per heavy atom. The number of carbonyl (C=O) groups is 1. The summed E-state index contributed by atoms with van der Waals surface area (Å²) in [5.41, 5.74) is 4.25. The van der Waals surface area contributed by atoms with Crippen molar-refractivity contribution in [3.63, 3.8) is 0 Å². The van der Waals surface area contributed by atoms with Crippen molar-refractivity contribution < 1.29 is 9.90 Å². The van der Waals surface area contributed by atoms with Crippen molar-refractivity contribution in [2.75, 3.05) is 0 Å². The number of rotatable bonds is 4. The van der Waals surface area contributed by atoms with Crippen molar-refractivity contribution >= 4 is 29.7 Å². The minimum atomic E-state index is -0.958. The van der Waals surface area contributed by atoms with E-state index >= 15 is 0 Å². The second-order valence-corrected chi connectivity index (χ2v) is 6.18. The van der Waals surface area contributed by atoms with E-state index in [1.54, 1.807) is 18.5 Å². The van der Waals surface area contributed by atoms with Crippen LogP contribution in [0.5, 0.6) is 0 Å². The number of carboxylic acids is 1. The molecule has 2 aromatic carbocycles. The highest BCUT2D eigenvalue weighted by Crippen LogP contribution is 2.20. The maximum absolute atomic E-state index is 11.4. The Morgan fingerprint density at radius 3 is 2.40 bits per heavy atom. The molecular formula is C20H17ClN2O2. The zero-order valence-corrected chi connectivity index (χ0v) is 14.7. The third kappa shape index (κ3) is 3.64. The number of nitrogens with zero attached hydrogens (tertiary/aromatic N) is 2. The number of hydrogen-bond acceptors (Lipinski definition) is 2. The Balaban J connectivity index is 1.93. The van der Waals surface area contributed by atoms with Gasteiger partial charge in [-0.3, -0.25) is 0 Å². The van der Waals surface area contributed by atoms with Crippen LogP contribution in [-0.2, 0) is 0 Å². The van der Waals surface area contributed by atoms with Gasteiger partial charge in [-0.2, -0.15) is 5.10 Å². The molecule has 0 aliphatic carbocycles. The van der Waals surface area contributed by atoms with E-state index in [0.29, 0.717) is 16.4 Å². The van der Waals surface area contributed by atoms with E-state index < -0.39 is 5.97 Å². The van der Waals surface area contributed by atoms with E-state index in [2.05, 4.69) is 5.10 Å². The van der Waals surface area contributed by atoms with Crippen molar-refractivity contribution in [1.29, 1.82) is 0 Å². The molecule has 0 radical (unpaired) electrons. The molecule has 0 spiro atoms. The maximum atomic E-state index is 11.4. The summed E-state index contributed by atoms with van der Waals surface area (Å²) in [7, 11) is 0. The molecule has 0 amide bonds. The molecule has 0 bridgehead atoms. The molecule has 5 heteroatoms. The molecular weight excluding hydrogens is 336 g/mol. The molecule has 1 N–H and O–H groups in total. The maximum Gasteiger partial charge on any atom is 0.339 e. The fourth-order valence-corrected chi connectivity index (χ4v) is 2.86. The van der Waals surface area contributed by atoms with Crippen molar-refractivity contribution in [2.24, 2.45) is 0 Å². The molecule has 0 atom stereocenters. The van der Waals surface area contributed by atoms with Gasteiger partial charge in [-0.25, -0.2) is 9.48 Å². The number of carboxylic acid groups (broad SMARTS) is 1. The van der Waals surface area contributed by atoms with Crippen LogP contribution in [0.3, 0.4) is 0 Å². The normalized spacial score (nSPS) is 11.2. The minimum absolute atomic E-state index is 0.252. The fourth-order valence-electron chi connectivity index (χ4n) is 2.73. The number of aryl methyl sites for hydroxylation is 1. The Bertz CT molecular complexity index is 956. The van der Waals surface area contributed by atoms with Crippen LogP contribution in [0.1, 0.15) is 32.9 Å². The van der Waals surface area contributed by atoms with Gasteiger partial charge >= 0.3 is 5.97 Å². The molecule has 126 valence electrons. The quantitative estimate of drug-likeness (QED) is 0.671. The number of aromatic nitrogens is 2. The highest BCUT2D eigenvalue weighted by Gasteiger charge is 2.18. The molecule has 0 aliphatic rings. The van der Waals surface area contributed by atoms with E-state index in [4.69, 9.17) is 11.6 Å². The second kappa shape index (κ2) is 6.95. The Labute approximate surface area is 151 Å². The van der Waals surface area contributed by atoms with Crippen LogP contribution in [0.4, 0.5) is 0 Å². The lowest BCUT2D eigenvalue weighted by molar-refractivity contribution is 0.0695. The number of hydrogen-bond donors (Lipinski definition) is 1. The van der Waals surface area contributed by atoms with Crippen molar-refractivity contribution in [2.45, 2.75) is 13.8 Å². The highest BCUT2D eigenvalue weighted by molar-refractivity contribution is 6.30. The van der Waals surface area contributed by atoms with Gasteiger partial charge in [0.25, 0.3) is 0 Å². The van der Waals surface area contributed by atoms with Crippen LogP contribution in [0, 0.1) is 13.8 Å². The predicted octanol–water partition coefficient (Wildman–Crippen LogP) is 5.01. The molecule has 0 saturated carbocycles. The zero-order valence-electron chi connectivity index (χ0n) is 13.9. The standard InChI is InChI=1S/C20H17ClN2O2/c1-13-19(20(24)25)14(2)23(22-13)18-5-3-4-16(12-18)7-6-15-8-10-17(21)11-9-15/h3-12H,1-2H3,(H,24,25). The van der Waals surface area contributed by atoms with Crippen LogP contribution in [-0.4, -0.2) is 20.9 Å². The molecule has 3 rings (SSSR count). The first kappa shape index (κ1) is 17.0. The second-order valence-electron chi connectivity index (χ2n) is 5.74. The lowest BCUT2D eigenvalue weighted by atomic mass is 10.1. The molecule has 4 nitrogen and oxygen atoms in total. The summed E-state index contributed by atoms with van der Waals surface area (Å²) in [5, 5.41) is 14.4. The van der Waals surface area contributed by atoms with Gasteiger partial charge in [-0.05, 0) is 49.2 Å². The average Bonchev–Trinajstić information content (AvgIpc) is 2.89. The van der Waals surface area contributed by atoms with E-state index in [1.807, 2.05) is 60.7 Å². The van der Waals surface area contributed by atoms with Gasteiger partial charge in [-0.15, -0.1) is 0 Å². The molecule has 0 saturated heterocycles. The van der Waals surface area contributed by atoms with Crippen molar-refractivity contribution in [3.8, 4) is 5.69 Å². The lowest BCUT2D eigenvalue weighted by Crippen LogP contribution is -2.02. The van der Waals surface area contributed by atoms with E-state index in [9.17, 15) is 9.90 Å². The summed E-state index contributed by atoms with van der Waals surface area (Å²) < 4.78 is 1.67. The molecule has 0 aliphatic heterocycles. The Morgan fingerprint density at radius 2 is 1.76 bits per heavy atom. The number of halogens is 1. The molecule has 1 aromatic heterocycles. The number of benzene rings is 2. The summed E-state index contributed by atoms with van der Waals surface area (Å²) in [5.74, 6) is -0.958. The summed E-state index contributed by atoms with van der Waals surface area (Å²) >= 11 is 5.89. The SMILES string of the molecule is Cc1nn(-c2cccc(C=Cc3ccc(Cl)cc3)c2)c(C)c1C(=O)O. The van der Waals surface area contributed by atoms with Crippen molar-refractivity contribution in [3.05, 3.63) is 81.6 Å². The molecule has 0 fully saturated rings. The Hall–Kier alpha value is -2.85. The highest BCUT2D eigenvalue weighted by atomic mass is 35.5. The van der Waals surface area contributed by atoms with E-state index in [0.717, 1.165) is 16.8 Å². The van der Waals surface area contributed by atoms with Crippen LogP contribution >= 0.6 is 11.6 Å². The summed E-state index contributed by atoms with van der Waals surface area (Å²) in [6.45, 7) is 3.47. The van der Waals surface area contributed by atoms with Gasteiger partial charge < -0.3 is 5.11 Å². The monoisotopic (exact) mass is 352 g/mol. The first-order chi connectivity index (χ1) is 12.0. The third-order valence-electron chi connectivity index (χ3n) is 3.96. The minimum Gasteiger partial charge on any atom is -0.478 e. The van der Waals surface area contributed by atoms with E-state index in [1.165, 1.54) is 0 Å². The van der Waals surface area contributed by atoms with Crippen LogP contribution in [0.2, 0.25) is 5.02 Å². The summed E-state index contributed by atoms with van der Waals surface area (Å²) in [6.07, 6.45) is 4.00. The lowest BCUT2D eigenvalue weighted by Gasteiger charge is -2.06. The number of aromatic carboxylic acids is 1. The third-order valence-corrected chi connectivity index (χ3v) is 4.21. The molecule has 25 heavy (non-hydrogen) atoms. The summed E-state index contributed by atoms with van der Waals surface area (Å²) in [6, 6.07) is 15.4. The van der Waals surface area contributed by atoms with Crippen LogP contribution < -0.4 is 0 Å². The van der Waals surface area contributed by atoms with Crippen LogP contribution in [0.25, 0.3) is 17.8 Å². The largest absolute Gasteiger partial charge is 0.478 e. The smallest absolute Gasteiger partial charge is 0.339 e. The molecule has 1 heterocycles. The summed E-state index contributed by atoms with van der Waals surface area (Å²) in [4.78, 5) is 11.4. The fraction of sp³-hybridized carbons (Fsp3) is 0.100. The van der Waals surface area contributed by atoms with Crippen LogP contribution in [0.15, 0.2) is 48.5 Å². The van der Waals surface area contributed by atoms with Gasteiger partial charge in [0.05, 0.1) is 17.1 Å². The van der Waals surface area contributed by atoms with Gasteiger partial charge in [0, 0.05) is 5.02 Å². The zero-order chi connectivity index (χ0) is 18.0. The van der Waals surface area contributed by atoms with Gasteiger partial charge in [0.1, 0.15) is 5.56 Å². The Kier molecular flexibility index (Phi) is 4.72. The molecule has 0 unspecified atom stereocenters. The van der Waals surface area contributed by atoms with Gasteiger partial charge in [0.2, 0.25) is 0 Å². The van der Waals surface area contributed by atoms with E-state index in [-0.39, 0.29) is 5.56 Å². The van der Waals surface area contributed by atoms with Gasteiger partial charge in [0.15, 0.2) is 0 Å².